The Bertz CT molecular complexity index is 382. The van der Waals surface area contributed by atoms with E-state index < -0.39 is 0 Å². The maximum atomic E-state index is 5.98. The van der Waals surface area contributed by atoms with Gasteiger partial charge in [-0.25, -0.2) is 0 Å². The van der Waals surface area contributed by atoms with E-state index in [0.717, 1.165) is 30.9 Å². The predicted octanol–water partition coefficient (Wildman–Crippen LogP) is 2.98. The van der Waals surface area contributed by atoms with Crippen LogP contribution in [0.2, 0.25) is 0 Å². The lowest BCUT2D eigenvalue weighted by atomic mass is 9.87. The van der Waals surface area contributed by atoms with E-state index in [1.54, 1.807) is 0 Å². The molecule has 0 bridgehead atoms. The zero-order valence-corrected chi connectivity index (χ0v) is 13.1. The van der Waals surface area contributed by atoms with Crippen molar-refractivity contribution in [3.05, 3.63) is 29.6 Å². The van der Waals surface area contributed by atoms with E-state index in [0.29, 0.717) is 18.0 Å². The maximum Gasteiger partial charge on any atom is 0.0547 e. The van der Waals surface area contributed by atoms with Crippen LogP contribution in [-0.2, 0) is 6.54 Å². The zero-order chi connectivity index (χ0) is 14.5. The molecule has 1 rings (SSSR count). The summed E-state index contributed by atoms with van der Waals surface area (Å²) in [7, 11) is 0. The van der Waals surface area contributed by atoms with Crippen molar-refractivity contribution in [1.29, 1.82) is 0 Å². The molecule has 0 saturated carbocycles. The van der Waals surface area contributed by atoms with E-state index >= 15 is 0 Å². The van der Waals surface area contributed by atoms with Crippen LogP contribution < -0.4 is 5.73 Å². The number of nitrogens with two attached hydrogens (primary N) is 1. The van der Waals surface area contributed by atoms with Crippen molar-refractivity contribution in [2.45, 2.75) is 53.6 Å². The minimum atomic E-state index is 0.303. The summed E-state index contributed by atoms with van der Waals surface area (Å²) in [6.45, 7) is 13.6. The molecule has 0 aromatic carbocycles. The van der Waals surface area contributed by atoms with Crippen LogP contribution in [0.4, 0.5) is 0 Å². The average molecular weight is 263 g/mol. The molecule has 1 aromatic rings. The fourth-order valence-electron chi connectivity index (χ4n) is 2.46. The second-order valence-corrected chi connectivity index (χ2v) is 6.49. The minimum Gasteiger partial charge on any atom is -0.329 e. The molecule has 0 aliphatic rings. The third-order valence-electron chi connectivity index (χ3n) is 3.35. The zero-order valence-electron chi connectivity index (χ0n) is 13.1. The van der Waals surface area contributed by atoms with Crippen molar-refractivity contribution in [3.63, 3.8) is 0 Å². The van der Waals surface area contributed by atoms with Crippen molar-refractivity contribution in [1.82, 2.24) is 9.88 Å². The molecule has 1 aromatic heterocycles. The van der Waals surface area contributed by atoms with Gasteiger partial charge in [-0.1, -0.05) is 33.8 Å². The molecule has 0 fully saturated rings. The summed E-state index contributed by atoms with van der Waals surface area (Å²) in [6.07, 6.45) is 1.11. The van der Waals surface area contributed by atoms with Gasteiger partial charge in [0.2, 0.25) is 0 Å². The standard InChI is InChI=1S/C16H29N3/c1-6-19(15(11-17)10-16(3,4)5)12-14-9-7-8-13(2)18-14/h7-9,15H,6,10-12,17H2,1-5H3. The molecule has 0 aliphatic carbocycles. The number of aromatic nitrogens is 1. The molecular weight excluding hydrogens is 234 g/mol. The third kappa shape index (κ3) is 5.70. The first kappa shape index (κ1) is 16.1. The molecule has 3 nitrogen and oxygen atoms in total. The predicted molar refractivity (Wildman–Crippen MR) is 82.0 cm³/mol. The van der Waals surface area contributed by atoms with Crippen LogP contribution in [0.25, 0.3) is 0 Å². The van der Waals surface area contributed by atoms with Crippen LogP contribution in [0, 0.1) is 12.3 Å². The summed E-state index contributed by atoms with van der Waals surface area (Å²) in [5.74, 6) is 0. The fraction of sp³-hybridized carbons (Fsp3) is 0.688. The molecule has 2 N–H and O–H groups in total. The Morgan fingerprint density at radius 3 is 2.47 bits per heavy atom. The summed E-state index contributed by atoms with van der Waals surface area (Å²) in [6, 6.07) is 6.63. The fourth-order valence-corrected chi connectivity index (χ4v) is 2.46. The number of hydrogen-bond donors (Lipinski definition) is 1. The molecule has 19 heavy (non-hydrogen) atoms. The van der Waals surface area contributed by atoms with Crippen molar-refractivity contribution in [3.8, 4) is 0 Å². The maximum absolute atomic E-state index is 5.98. The monoisotopic (exact) mass is 263 g/mol. The number of aryl methyl sites for hydroxylation is 1. The first-order valence-corrected chi connectivity index (χ1v) is 7.22. The lowest BCUT2D eigenvalue weighted by molar-refractivity contribution is 0.150. The van der Waals surface area contributed by atoms with Gasteiger partial charge in [-0.15, -0.1) is 0 Å². The summed E-state index contributed by atoms with van der Waals surface area (Å²) in [4.78, 5) is 7.03. The Kier molecular flexibility index (Phi) is 5.95. The molecule has 1 unspecified atom stereocenters. The van der Waals surface area contributed by atoms with E-state index in [4.69, 9.17) is 5.73 Å². The summed E-state index contributed by atoms with van der Waals surface area (Å²) >= 11 is 0. The third-order valence-corrected chi connectivity index (χ3v) is 3.35. The molecule has 0 amide bonds. The number of rotatable bonds is 6. The van der Waals surface area contributed by atoms with Crippen molar-refractivity contribution >= 4 is 0 Å². The van der Waals surface area contributed by atoms with Gasteiger partial charge in [0.1, 0.15) is 0 Å². The van der Waals surface area contributed by atoms with Gasteiger partial charge in [-0.3, -0.25) is 9.88 Å². The van der Waals surface area contributed by atoms with Gasteiger partial charge >= 0.3 is 0 Å². The quantitative estimate of drug-likeness (QED) is 0.858. The summed E-state index contributed by atoms with van der Waals surface area (Å²) in [5.41, 5.74) is 8.49. The molecule has 3 heteroatoms. The van der Waals surface area contributed by atoms with E-state index in [9.17, 15) is 0 Å². The van der Waals surface area contributed by atoms with Crippen LogP contribution in [0.3, 0.4) is 0 Å². The molecule has 1 heterocycles. The molecule has 0 aliphatic heterocycles. The smallest absolute Gasteiger partial charge is 0.0547 e. The summed E-state index contributed by atoms with van der Waals surface area (Å²) < 4.78 is 0. The average Bonchev–Trinajstić information content (AvgIpc) is 2.32. The van der Waals surface area contributed by atoms with Gasteiger partial charge in [0.25, 0.3) is 0 Å². The Hall–Kier alpha value is -0.930. The minimum absolute atomic E-state index is 0.303. The first-order valence-electron chi connectivity index (χ1n) is 7.22. The molecule has 1 atom stereocenters. The lowest BCUT2D eigenvalue weighted by Crippen LogP contribution is -2.42. The SMILES string of the molecule is CCN(Cc1cccc(C)n1)C(CN)CC(C)(C)C. The van der Waals surface area contributed by atoms with Gasteiger partial charge in [-0.05, 0) is 37.4 Å². The van der Waals surface area contributed by atoms with Gasteiger partial charge in [-0.2, -0.15) is 0 Å². The first-order chi connectivity index (χ1) is 8.85. The van der Waals surface area contributed by atoms with Crippen molar-refractivity contribution in [2.75, 3.05) is 13.1 Å². The van der Waals surface area contributed by atoms with Crippen molar-refractivity contribution in [2.24, 2.45) is 11.1 Å². The van der Waals surface area contributed by atoms with Crippen LogP contribution in [0.5, 0.6) is 0 Å². The second-order valence-electron chi connectivity index (χ2n) is 6.49. The van der Waals surface area contributed by atoms with Gasteiger partial charge < -0.3 is 5.73 Å². The van der Waals surface area contributed by atoms with Crippen LogP contribution in [0.15, 0.2) is 18.2 Å². The highest BCUT2D eigenvalue weighted by Crippen LogP contribution is 2.23. The van der Waals surface area contributed by atoms with Crippen LogP contribution in [-0.4, -0.2) is 29.0 Å². The molecule has 0 radical (unpaired) electrons. The lowest BCUT2D eigenvalue weighted by Gasteiger charge is -2.34. The Morgan fingerprint density at radius 2 is 2.00 bits per heavy atom. The van der Waals surface area contributed by atoms with E-state index in [1.807, 2.05) is 13.0 Å². The number of likely N-dealkylation sites (N-methyl/N-ethyl adjacent to an activating group) is 1. The van der Waals surface area contributed by atoms with Crippen LogP contribution in [0.1, 0.15) is 45.5 Å². The highest BCUT2D eigenvalue weighted by molar-refractivity contribution is 5.10. The molecule has 0 saturated heterocycles. The van der Waals surface area contributed by atoms with Crippen LogP contribution >= 0.6 is 0 Å². The Morgan fingerprint density at radius 1 is 1.32 bits per heavy atom. The van der Waals surface area contributed by atoms with Gasteiger partial charge in [0.15, 0.2) is 0 Å². The molecule has 0 spiro atoms. The normalized spacial score (nSPS) is 13.8. The largest absolute Gasteiger partial charge is 0.329 e. The van der Waals surface area contributed by atoms with Gasteiger partial charge in [0, 0.05) is 24.8 Å². The van der Waals surface area contributed by atoms with Crippen molar-refractivity contribution < 1.29 is 0 Å². The topological polar surface area (TPSA) is 42.2 Å². The Balaban J connectivity index is 2.75. The number of pyridine rings is 1. The van der Waals surface area contributed by atoms with E-state index in [-0.39, 0.29) is 0 Å². The highest BCUT2D eigenvalue weighted by atomic mass is 15.2. The van der Waals surface area contributed by atoms with Gasteiger partial charge in [0.05, 0.1) is 5.69 Å². The summed E-state index contributed by atoms with van der Waals surface area (Å²) in [5, 5.41) is 0. The molecule has 108 valence electrons. The number of hydrogen-bond acceptors (Lipinski definition) is 3. The highest BCUT2D eigenvalue weighted by Gasteiger charge is 2.22. The van der Waals surface area contributed by atoms with E-state index in [1.165, 1.54) is 0 Å². The Labute approximate surface area is 118 Å². The molecular formula is C16H29N3. The second kappa shape index (κ2) is 7.01. The number of nitrogens with zero attached hydrogens (tertiary/aromatic N) is 2. The van der Waals surface area contributed by atoms with E-state index in [2.05, 4.69) is 49.7 Å².